The normalized spacial score (nSPS) is 12.3. The minimum atomic E-state index is -0.428. The van der Waals surface area contributed by atoms with Crippen molar-refractivity contribution >= 4 is 12.0 Å². The fourth-order valence-corrected chi connectivity index (χ4v) is 2.62. The van der Waals surface area contributed by atoms with Crippen LogP contribution in [0, 0.1) is 0 Å². The lowest BCUT2D eigenvalue weighted by Crippen LogP contribution is -2.37. The standard InChI is InChI=1S/C19H23N3O3/c1-4-14(15-8-6-5-7-9-15)12-20-17(23)11-10-16-13-21(2)19(25)22(3)18(16)24/h5-11,13-14H,4,12H2,1-3H3,(H,20,23)/b11-10+. The molecule has 0 aliphatic rings. The smallest absolute Gasteiger partial charge is 0.330 e. The number of rotatable bonds is 6. The van der Waals surface area contributed by atoms with Crippen molar-refractivity contribution in [2.75, 3.05) is 6.54 Å². The minimum Gasteiger partial charge on any atom is -0.352 e. The highest BCUT2D eigenvalue weighted by atomic mass is 16.2. The van der Waals surface area contributed by atoms with Crippen molar-refractivity contribution in [2.45, 2.75) is 19.3 Å². The van der Waals surface area contributed by atoms with Crippen LogP contribution in [-0.4, -0.2) is 21.6 Å². The van der Waals surface area contributed by atoms with Gasteiger partial charge in [0, 0.05) is 38.8 Å². The van der Waals surface area contributed by atoms with Gasteiger partial charge >= 0.3 is 5.69 Å². The molecule has 0 spiro atoms. The summed E-state index contributed by atoms with van der Waals surface area (Å²) in [5, 5.41) is 2.86. The van der Waals surface area contributed by atoms with Gasteiger partial charge in [-0.1, -0.05) is 37.3 Å². The number of nitrogens with one attached hydrogen (secondary N) is 1. The van der Waals surface area contributed by atoms with Crippen LogP contribution in [-0.2, 0) is 18.9 Å². The van der Waals surface area contributed by atoms with Gasteiger partial charge in [0.25, 0.3) is 5.56 Å². The molecule has 132 valence electrons. The molecule has 0 aliphatic carbocycles. The monoisotopic (exact) mass is 341 g/mol. The minimum absolute atomic E-state index is 0.240. The summed E-state index contributed by atoms with van der Waals surface area (Å²) in [6, 6.07) is 10.0. The number of aryl methyl sites for hydroxylation is 1. The first-order valence-corrected chi connectivity index (χ1v) is 8.21. The Labute approximate surface area is 146 Å². The summed E-state index contributed by atoms with van der Waals surface area (Å²) in [6.45, 7) is 2.60. The van der Waals surface area contributed by atoms with Crippen LogP contribution in [0.25, 0.3) is 6.08 Å². The molecule has 1 aromatic carbocycles. The number of hydrogen-bond donors (Lipinski definition) is 1. The van der Waals surface area contributed by atoms with E-state index in [0.717, 1.165) is 11.0 Å². The largest absolute Gasteiger partial charge is 0.352 e. The van der Waals surface area contributed by atoms with E-state index >= 15 is 0 Å². The third-order valence-electron chi connectivity index (χ3n) is 4.17. The summed E-state index contributed by atoms with van der Waals surface area (Å²) in [6.07, 6.45) is 5.09. The molecule has 0 bridgehead atoms. The summed E-state index contributed by atoms with van der Waals surface area (Å²) < 4.78 is 2.32. The van der Waals surface area contributed by atoms with E-state index in [-0.39, 0.29) is 17.4 Å². The second-order valence-electron chi connectivity index (χ2n) is 5.94. The third-order valence-corrected chi connectivity index (χ3v) is 4.17. The lowest BCUT2D eigenvalue weighted by Gasteiger charge is -2.15. The van der Waals surface area contributed by atoms with Crippen molar-refractivity contribution in [3.63, 3.8) is 0 Å². The molecule has 6 heteroatoms. The molecule has 1 heterocycles. The molecule has 1 atom stereocenters. The fourth-order valence-electron chi connectivity index (χ4n) is 2.62. The van der Waals surface area contributed by atoms with Crippen LogP contribution < -0.4 is 16.6 Å². The summed E-state index contributed by atoms with van der Waals surface area (Å²) in [4.78, 5) is 35.7. The van der Waals surface area contributed by atoms with Gasteiger partial charge in [-0.2, -0.15) is 0 Å². The maximum Gasteiger partial charge on any atom is 0.330 e. The van der Waals surface area contributed by atoms with Crippen molar-refractivity contribution in [3.8, 4) is 0 Å². The van der Waals surface area contributed by atoms with Gasteiger partial charge in [0.2, 0.25) is 5.91 Å². The molecule has 25 heavy (non-hydrogen) atoms. The van der Waals surface area contributed by atoms with E-state index in [1.165, 1.54) is 35.5 Å². The van der Waals surface area contributed by atoms with Gasteiger partial charge in [-0.15, -0.1) is 0 Å². The van der Waals surface area contributed by atoms with Crippen molar-refractivity contribution < 1.29 is 4.79 Å². The van der Waals surface area contributed by atoms with Crippen molar-refractivity contribution in [2.24, 2.45) is 14.1 Å². The molecule has 1 aromatic heterocycles. The lowest BCUT2D eigenvalue weighted by atomic mass is 9.96. The van der Waals surface area contributed by atoms with E-state index in [1.807, 2.05) is 30.3 Å². The second kappa shape index (κ2) is 8.28. The first kappa shape index (κ1) is 18.4. The van der Waals surface area contributed by atoms with Crippen LogP contribution in [0.4, 0.5) is 0 Å². The topological polar surface area (TPSA) is 73.1 Å². The Morgan fingerprint density at radius 2 is 1.88 bits per heavy atom. The van der Waals surface area contributed by atoms with Gasteiger partial charge in [0.05, 0.1) is 5.56 Å². The number of hydrogen-bond acceptors (Lipinski definition) is 3. The molecule has 6 nitrogen and oxygen atoms in total. The number of amides is 1. The zero-order valence-electron chi connectivity index (χ0n) is 14.7. The Bertz CT molecular complexity index is 879. The van der Waals surface area contributed by atoms with Gasteiger partial charge < -0.3 is 9.88 Å². The molecular formula is C19H23N3O3. The summed E-state index contributed by atoms with van der Waals surface area (Å²) in [5.41, 5.74) is 0.638. The zero-order chi connectivity index (χ0) is 18.4. The molecular weight excluding hydrogens is 318 g/mol. The Morgan fingerprint density at radius 1 is 1.20 bits per heavy atom. The van der Waals surface area contributed by atoms with Gasteiger partial charge in [0.15, 0.2) is 0 Å². The number of benzene rings is 1. The maximum atomic E-state index is 12.0. The number of carbonyl (C=O) groups excluding carboxylic acids is 1. The van der Waals surface area contributed by atoms with E-state index in [2.05, 4.69) is 12.2 Å². The average Bonchev–Trinajstić information content (AvgIpc) is 2.63. The first-order valence-electron chi connectivity index (χ1n) is 8.21. The lowest BCUT2D eigenvalue weighted by molar-refractivity contribution is -0.116. The molecule has 1 N–H and O–H groups in total. The maximum absolute atomic E-state index is 12.0. The van der Waals surface area contributed by atoms with Gasteiger partial charge in [0.1, 0.15) is 0 Å². The van der Waals surface area contributed by atoms with Gasteiger partial charge in [-0.25, -0.2) is 4.79 Å². The van der Waals surface area contributed by atoms with E-state index in [1.54, 1.807) is 7.05 Å². The second-order valence-corrected chi connectivity index (χ2v) is 5.94. The highest BCUT2D eigenvalue weighted by Gasteiger charge is 2.10. The molecule has 0 saturated carbocycles. The van der Waals surface area contributed by atoms with E-state index in [9.17, 15) is 14.4 Å². The van der Waals surface area contributed by atoms with Crippen molar-refractivity contribution in [1.82, 2.24) is 14.5 Å². The molecule has 0 fully saturated rings. The molecule has 0 saturated heterocycles. The average molecular weight is 341 g/mol. The zero-order valence-corrected chi connectivity index (χ0v) is 14.7. The molecule has 0 aliphatic heterocycles. The third kappa shape index (κ3) is 4.56. The van der Waals surface area contributed by atoms with Crippen molar-refractivity contribution in [3.05, 3.63) is 74.6 Å². The van der Waals surface area contributed by atoms with Crippen LogP contribution in [0.15, 0.2) is 52.2 Å². The van der Waals surface area contributed by atoms with E-state index in [0.29, 0.717) is 6.54 Å². The molecule has 1 unspecified atom stereocenters. The van der Waals surface area contributed by atoms with Gasteiger partial charge in [-0.05, 0) is 18.1 Å². The Hall–Kier alpha value is -2.89. The molecule has 2 aromatic rings. The Morgan fingerprint density at radius 3 is 2.52 bits per heavy atom. The van der Waals surface area contributed by atoms with Crippen LogP contribution in [0.1, 0.15) is 30.4 Å². The highest BCUT2D eigenvalue weighted by Crippen LogP contribution is 2.17. The summed E-state index contributed by atoms with van der Waals surface area (Å²) in [5.74, 6) is -0.0331. The van der Waals surface area contributed by atoms with Crippen LogP contribution in [0.5, 0.6) is 0 Å². The predicted molar refractivity (Wildman–Crippen MR) is 98.4 cm³/mol. The van der Waals surface area contributed by atoms with Crippen molar-refractivity contribution in [1.29, 1.82) is 0 Å². The van der Waals surface area contributed by atoms with Crippen LogP contribution in [0.3, 0.4) is 0 Å². The quantitative estimate of drug-likeness (QED) is 0.808. The van der Waals surface area contributed by atoms with E-state index in [4.69, 9.17) is 0 Å². The summed E-state index contributed by atoms with van der Waals surface area (Å²) >= 11 is 0. The number of carbonyl (C=O) groups is 1. The first-order chi connectivity index (χ1) is 11.9. The van der Waals surface area contributed by atoms with Gasteiger partial charge in [-0.3, -0.25) is 14.2 Å². The Balaban J connectivity index is 2.04. The number of nitrogens with zero attached hydrogens (tertiary/aromatic N) is 2. The predicted octanol–water partition coefficient (Wildman–Crippen LogP) is 1.41. The fraction of sp³-hybridized carbons (Fsp3) is 0.316. The van der Waals surface area contributed by atoms with E-state index < -0.39 is 11.2 Å². The van der Waals surface area contributed by atoms with Crippen LogP contribution >= 0.6 is 0 Å². The molecule has 0 radical (unpaired) electrons. The van der Waals surface area contributed by atoms with Crippen LogP contribution in [0.2, 0.25) is 0 Å². The summed E-state index contributed by atoms with van der Waals surface area (Å²) in [7, 11) is 2.97. The SMILES string of the molecule is CCC(CNC(=O)/C=C/c1cn(C)c(=O)n(C)c1=O)c1ccccc1. The number of aromatic nitrogens is 2. The highest BCUT2D eigenvalue weighted by molar-refractivity contribution is 5.91. The molecule has 1 amide bonds. The Kier molecular flexibility index (Phi) is 6.11. The molecule has 2 rings (SSSR count).